The molecule has 0 spiro atoms. The molecule has 3 aromatic rings. The van der Waals surface area contributed by atoms with Crippen LogP contribution in [-0.4, -0.2) is 50.5 Å². The zero-order chi connectivity index (χ0) is 29.4. The van der Waals surface area contributed by atoms with E-state index in [0.29, 0.717) is 22.7 Å². The Labute approximate surface area is 241 Å². The van der Waals surface area contributed by atoms with Crippen molar-refractivity contribution in [3.63, 3.8) is 0 Å². The number of carbonyl (C=O) groups is 2. The Morgan fingerprint density at radius 1 is 0.975 bits per heavy atom. The minimum atomic E-state index is -3.91. The molecule has 0 heterocycles. The third-order valence-corrected chi connectivity index (χ3v) is 7.70. The topological polar surface area (TPSA) is 86.8 Å². The lowest BCUT2D eigenvalue weighted by atomic mass is 10.0. The van der Waals surface area contributed by atoms with Crippen LogP contribution in [0.3, 0.4) is 0 Å². The predicted molar refractivity (Wildman–Crippen MR) is 157 cm³/mol. The zero-order valence-corrected chi connectivity index (χ0v) is 24.7. The highest BCUT2D eigenvalue weighted by molar-refractivity contribution is 7.92. The smallest absolute Gasteiger partial charge is 0.244 e. The first-order valence-corrected chi connectivity index (χ1v) is 15.2. The summed E-state index contributed by atoms with van der Waals surface area (Å²) in [6, 6.07) is 18.8. The molecular weight excluding hydrogens is 553 g/mol. The van der Waals surface area contributed by atoms with Gasteiger partial charge in [0.1, 0.15) is 18.4 Å². The lowest BCUT2D eigenvalue weighted by molar-refractivity contribution is -0.140. The van der Waals surface area contributed by atoms with Crippen LogP contribution >= 0.6 is 11.6 Å². The number of anilines is 1. The summed E-state index contributed by atoms with van der Waals surface area (Å²) >= 11 is 6.17. The Morgan fingerprint density at radius 2 is 1.62 bits per heavy atom. The molecule has 0 saturated heterocycles. The van der Waals surface area contributed by atoms with Gasteiger partial charge in [0, 0.05) is 24.5 Å². The molecule has 0 radical (unpaired) electrons. The number of halogens is 2. The summed E-state index contributed by atoms with van der Waals surface area (Å²) in [6.45, 7) is 5.47. The van der Waals surface area contributed by atoms with Gasteiger partial charge in [-0.15, -0.1) is 0 Å². The lowest BCUT2D eigenvalue weighted by Gasteiger charge is -2.34. The highest BCUT2D eigenvalue weighted by atomic mass is 35.5. The summed E-state index contributed by atoms with van der Waals surface area (Å²) in [5, 5.41) is 3.24. The molecule has 0 aliphatic heterocycles. The third kappa shape index (κ3) is 8.79. The number of rotatable bonds is 12. The fourth-order valence-corrected chi connectivity index (χ4v) is 5.27. The summed E-state index contributed by atoms with van der Waals surface area (Å²) in [4.78, 5) is 29.0. The van der Waals surface area contributed by atoms with Gasteiger partial charge in [-0.25, -0.2) is 12.8 Å². The van der Waals surface area contributed by atoms with Crippen LogP contribution in [0.15, 0.2) is 72.8 Å². The second-order valence-corrected chi connectivity index (χ2v) is 12.5. The normalized spacial score (nSPS) is 12.2. The van der Waals surface area contributed by atoms with Crippen LogP contribution in [-0.2, 0) is 32.6 Å². The van der Waals surface area contributed by atoms with Crippen LogP contribution in [0.2, 0.25) is 5.02 Å². The molecule has 214 valence electrons. The molecule has 0 saturated carbocycles. The Kier molecular flexibility index (Phi) is 10.7. The first kappa shape index (κ1) is 31.1. The number of amides is 2. The summed E-state index contributed by atoms with van der Waals surface area (Å²) in [5.74, 6) is -1.21. The molecule has 0 aromatic heterocycles. The van der Waals surface area contributed by atoms with E-state index in [1.165, 1.54) is 35.2 Å². The zero-order valence-electron chi connectivity index (χ0n) is 23.1. The maximum absolute atomic E-state index is 14.0. The molecule has 0 bridgehead atoms. The average molecular weight is 588 g/mol. The van der Waals surface area contributed by atoms with Crippen LogP contribution in [0.1, 0.15) is 30.5 Å². The quantitative estimate of drug-likeness (QED) is 0.324. The molecule has 0 aliphatic rings. The van der Waals surface area contributed by atoms with Gasteiger partial charge < -0.3 is 10.2 Å². The molecule has 7 nitrogen and oxygen atoms in total. The number of nitrogens with one attached hydrogen (secondary N) is 1. The molecule has 1 N–H and O–H groups in total. The SMILES string of the molecule is Cc1ccc(Cl)cc1N(CC(=O)N(Cc1ccc(F)cc1)[C@@H](Cc1ccccc1)C(=O)NCC(C)C)S(C)(=O)=O. The van der Waals surface area contributed by atoms with Gasteiger partial charge in [-0.2, -0.15) is 0 Å². The first-order valence-electron chi connectivity index (χ1n) is 12.9. The van der Waals surface area contributed by atoms with Crippen molar-refractivity contribution in [2.75, 3.05) is 23.7 Å². The Balaban J connectivity index is 2.06. The predicted octanol–water partition coefficient (Wildman–Crippen LogP) is 4.97. The number of hydrogen-bond donors (Lipinski definition) is 1. The van der Waals surface area contributed by atoms with Crippen LogP contribution in [0.25, 0.3) is 0 Å². The molecule has 3 rings (SSSR count). The Bertz CT molecular complexity index is 1420. The van der Waals surface area contributed by atoms with E-state index in [4.69, 9.17) is 11.6 Å². The van der Waals surface area contributed by atoms with Crippen molar-refractivity contribution in [1.82, 2.24) is 10.2 Å². The maximum Gasteiger partial charge on any atom is 0.244 e. The molecule has 1 atom stereocenters. The Morgan fingerprint density at radius 3 is 2.23 bits per heavy atom. The molecule has 0 unspecified atom stereocenters. The number of carbonyl (C=O) groups excluding carboxylic acids is 2. The molecule has 10 heteroatoms. The van der Waals surface area contributed by atoms with E-state index in [-0.39, 0.29) is 30.5 Å². The van der Waals surface area contributed by atoms with Crippen molar-refractivity contribution in [2.24, 2.45) is 5.92 Å². The molecule has 40 heavy (non-hydrogen) atoms. The van der Waals surface area contributed by atoms with Gasteiger partial charge in [0.15, 0.2) is 0 Å². The lowest BCUT2D eigenvalue weighted by Crippen LogP contribution is -2.53. The highest BCUT2D eigenvalue weighted by Crippen LogP contribution is 2.27. The molecule has 2 amide bonds. The van der Waals surface area contributed by atoms with Gasteiger partial charge in [0.05, 0.1) is 11.9 Å². The number of aryl methyl sites for hydroxylation is 1. The number of benzene rings is 3. The largest absolute Gasteiger partial charge is 0.354 e. The summed E-state index contributed by atoms with van der Waals surface area (Å²) in [7, 11) is -3.91. The first-order chi connectivity index (χ1) is 18.8. The van der Waals surface area contributed by atoms with Gasteiger partial charge in [-0.3, -0.25) is 13.9 Å². The van der Waals surface area contributed by atoms with Crippen molar-refractivity contribution in [3.8, 4) is 0 Å². The van der Waals surface area contributed by atoms with Crippen LogP contribution < -0.4 is 9.62 Å². The van der Waals surface area contributed by atoms with E-state index in [0.717, 1.165) is 16.1 Å². The summed E-state index contributed by atoms with van der Waals surface area (Å²) in [5.41, 5.74) is 2.31. The fourth-order valence-electron chi connectivity index (χ4n) is 4.21. The van der Waals surface area contributed by atoms with Crippen LogP contribution in [0.4, 0.5) is 10.1 Å². The van der Waals surface area contributed by atoms with Crippen LogP contribution in [0, 0.1) is 18.7 Å². The van der Waals surface area contributed by atoms with E-state index >= 15 is 0 Å². The summed E-state index contributed by atoms with van der Waals surface area (Å²) in [6.07, 6.45) is 1.22. The fraction of sp³-hybridized carbons (Fsp3) is 0.333. The van der Waals surface area contributed by atoms with Crippen molar-refractivity contribution in [2.45, 2.75) is 39.8 Å². The molecule has 3 aromatic carbocycles. The molecular formula is C30H35ClFN3O4S. The minimum Gasteiger partial charge on any atom is -0.354 e. The Hall–Kier alpha value is -3.43. The standard InChI is InChI=1S/C30H35ClFN3O4S/c1-21(2)18-33-30(37)28(16-23-8-6-5-7-9-23)34(19-24-11-14-26(32)15-12-24)29(36)20-35(40(4,38)39)27-17-25(31)13-10-22(27)3/h5-15,17,21,28H,16,18-20H2,1-4H3,(H,33,37)/t28-/m0/s1. The van der Waals surface area contributed by atoms with Gasteiger partial charge in [0.2, 0.25) is 21.8 Å². The second-order valence-electron chi connectivity index (χ2n) is 10.2. The maximum atomic E-state index is 14.0. The average Bonchev–Trinajstić information content (AvgIpc) is 2.90. The van der Waals surface area contributed by atoms with Gasteiger partial charge >= 0.3 is 0 Å². The monoisotopic (exact) mass is 587 g/mol. The van der Waals surface area contributed by atoms with E-state index < -0.39 is 34.3 Å². The second kappa shape index (κ2) is 13.8. The van der Waals surface area contributed by atoms with Gasteiger partial charge in [-0.05, 0) is 53.8 Å². The van der Waals surface area contributed by atoms with Crippen molar-refractivity contribution < 1.29 is 22.4 Å². The summed E-state index contributed by atoms with van der Waals surface area (Å²) < 4.78 is 40.5. The van der Waals surface area contributed by atoms with E-state index in [9.17, 15) is 22.4 Å². The van der Waals surface area contributed by atoms with E-state index in [1.54, 1.807) is 19.1 Å². The molecule has 0 fully saturated rings. The van der Waals surface area contributed by atoms with Crippen molar-refractivity contribution >= 4 is 39.1 Å². The highest BCUT2D eigenvalue weighted by Gasteiger charge is 2.33. The van der Waals surface area contributed by atoms with Crippen LogP contribution in [0.5, 0.6) is 0 Å². The number of nitrogens with zero attached hydrogens (tertiary/aromatic N) is 2. The number of hydrogen-bond acceptors (Lipinski definition) is 4. The van der Waals surface area contributed by atoms with Gasteiger partial charge in [0.25, 0.3) is 0 Å². The van der Waals surface area contributed by atoms with Gasteiger partial charge in [-0.1, -0.05) is 74.0 Å². The van der Waals surface area contributed by atoms with E-state index in [2.05, 4.69) is 5.32 Å². The molecule has 0 aliphatic carbocycles. The van der Waals surface area contributed by atoms with E-state index in [1.807, 2.05) is 44.2 Å². The van der Waals surface area contributed by atoms with Crippen molar-refractivity contribution in [1.29, 1.82) is 0 Å². The number of sulfonamides is 1. The van der Waals surface area contributed by atoms with Crippen molar-refractivity contribution in [3.05, 3.63) is 100 Å². The third-order valence-electron chi connectivity index (χ3n) is 6.34. The minimum absolute atomic E-state index is 0.0299.